The summed E-state index contributed by atoms with van der Waals surface area (Å²) < 4.78 is 10.6. The lowest BCUT2D eigenvalue weighted by Gasteiger charge is -2.41. The molecule has 2 aliphatic heterocycles. The number of aromatic nitrogens is 1. The van der Waals surface area contributed by atoms with Gasteiger partial charge in [0.15, 0.2) is 0 Å². The fourth-order valence-electron chi connectivity index (χ4n) is 4.00. The third-order valence-corrected chi connectivity index (χ3v) is 5.64. The minimum Gasteiger partial charge on any atom is -0.495 e. The van der Waals surface area contributed by atoms with E-state index in [4.69, 9.17) is 9.47 Å². The van der Waals surface area contributed by atoms with Crippen molar-refractivity contribution in [2.24, 2.45) is 5.92 Å². The second-order valence-electron chi connectivity index (χ2n) is 7.75. The van der Waals surface area contributed by atoms with Gasteiger partial charge in [0.05, 0.1) is 26.5 Å². The molecule has 1 aromatic heterocycles. The summed E-state index contributed by atoms with van der Waals surface area (Å²) in [7, 11) is 1.64. The molecule has 0 saturated carbocycles. The van der Waals surface area contributed by atoms with Gasteiger partial charge < -0.3 is 25.0 Å². The van der Waals surface area contributed by atoms with Gasteiger partial charge in [-0.25, -0.2) is 4.79 Å². The maximum absolute atomic E-state index is 12.6. The molecule has 0 aliphatic carbocycles. The molecule has 3 heterocycles. The first-order chi connectivity index (χ1) is 14.2. The summed E-state index contributed by atoms with van der Waals surface area (Å²) in [4.78, 5) is 19.7. The SMILES string of the molecule is COc1ccc([C@@H]2CN(CC3COC3)CC[C@H]2NC(=O)Nc2ccccc2)nc1. The van der Waals surface area contributed by atoms with Crippen LogP contribution in [0.2, 0.25) is 0 Å². The van der Waals surface area contributed by atoms with Gasteiger partial charge in [0.25, 0.3) is 0 Å². The van der Waals surface area contributed by atoms with E-state index in [1.165, 1.54) is 0 Å². The zero-order valence-electron chi connectivity index (χ0n) is 16.7. The quantitative estimate of drug-likeness (QED) is 0.785. The molecule has 2 amide bonds. The highest BCUT2D eigenvalue weighted by Crippen LogP contribution is 2.28. The summed E-state index contributed by atoms with van der Waals surface area (Å²) in [6, 6.07) is 13.3. The molecule has 2 aromatic rings. The van der Waals surface area contributed by atoms with Crippen LogP contribution in [-0.4, -0.2) is 61.9 Å². The van der Waals surface area contributed by atoms with Gasteiger partial charge in [0.1, 0.15) is 5.75 Å². The van der Waals surface area contributed by atoms with Gasteiger partial charge in [0, 0.05) is 48.9 Å². The lowest BCUT2D eigenvalue weighted by atomic mass is 9.88. The van der Waals surface area contributed by atoms with Gasteiger partial charge in [-0.1, -0.05) is 18.2 Å². The molecule has 4 rings (SSSR count). The van der Waals surface area contributed by atoms with E-state index < -0.39 is 0 Å². The number of methoxy groups -OCH3 is 1. The molecule has 2 atom stereocenters. The summed E-state index contributed by atoms with van der Waals surface area (Å²) >= 11 is 0. The van der Waals surface area contributed by atoms with E-state index in [0.717, 1.165) is 56.4 Å². The summed E-state index contributed by atoms with van der Waals surface area (Å²) in [6.07, 6.45) is 2.63. The number of amides is 2. The molecular weight excluding hydrogens is 368 g/mol. The van der Waals surface area contributed by atoms with Crippen LogP contribution in [0, 0.1) is 5.92 Å². The fraction of sp³-hybridized carbons (Fsp3) is 0.455. The Morgan fingerprint density at radius 2 is 2.07 bits per heavy atom. The Hall–Kier alpha value is -2.64. The monoisotopic (exact) mass is 396 g/mol. The van der Waals surface area contributed by atoms with Gasteiger partial charge in [-0.2, -0.15) is 0 Å². The molecule has 0 radical (unpaired) electrons. The van der Waals surface area contributed by atoms with Crippen LogP contribution in [0.5, 0.6) is 5.75 Å². The largest absolute Gasteiger partial charge is 0.495 e. The van der Waals surface area contributed by atoms with E-state index in [1.54, 1.807) is 13.3 Å². The molecule has 0 bridgehead atoms. The molecule has 154 valence electrons. The van der Waals surface area contributed by atoms with Crippen LogP contribution in [0.15, 0.2) is 48.7 Å². The number of rotatable bonds is 6. The van der Waals surface area contributed by atoms with Gasteiger partial charge in [-0.05, 0) is 30.7 Å². The topological polar surface area (TPSA) is 75.7 Å². The molecular formula is C22H28N4O3. The third-order valence-electron chi connectivity index (χ3n) is 5.64. The molecule has 2 fully saturated rings. The number of para-hydroxylation sites is 1. The van der Waals surface area contributed by atoms with Crippen molar-refractivity contribution in [1.82, 2.24) is 15.2 Å². The maximum atomic E-state index is 12.6. The molecule has 2 saturated heterocycles. The molecule has 7 heteroatoms. The Morgan fingerprint density at radius 1 is 1.24 bits per heavy atom. The molecule has 1 aromatic carbocycles. The minimum absolute atomic E-state index is 0.0218. The predicted octanol–water partition coefficient (Wildman–Crippen LogP) is 2.72. The number of benzene rings is 1. The number of pyridine rings is 1. The van der Waals surface area contributed by atoms with E-state index in [9.17, 15) is 4.79 Å². The van der Waals surface area contributed by atoms with Crippen LogP contribution in [0.3, 0.4) is 0 Å². The van der Waals surface area contributed by atoms with Crippen LogP contribution in [-0.2, 0) is 4.74 Å². The summed E-state index contributed by atoms with van der Waals surface area (Å²) in [5, 5.41) is 6.09. The highest BCUT2D eigenvalue weighted by Gasteiger charge is 2.34. The number of carbonyl (C=O) groups is 1. The van der Waals surface area contributed by atoms with Crippen LogP contribution < -0.4 is 15.4 Å². The summed E-state index contributed by atoms with van der Waals surface area (Å²) in [5.41, 5.74) is 1.76. The Morgan fingerprint density at radius 3 is 2.72 bits per heavy atom. The molecule has 2 N–H and O–H groups in total. The Bertz CT molecular complexity index is 795. The maximum Gasteiger partial charge on any atom is 0.319 e. The predicted molar refractivity (Wildman–Crippen MR) is 111 cm³/mol. The van der Waals surface area contributed by atoms with E-state index in [-0.39, 0.29) is 18.0 Å². The smallest absolute Gasteiger partial charge is 0.319 e. The Balaban J connectivity index is 1.45. The Labute approximate surface area is 171 Å². The van der Waals surface area contributed by atoms with Crippen LogP contribution in [0.4, 0.5) is 10.5 Å². The Kier molecular flexibility index (Phi) is 6.27. The number of nitrogens with zero attached hydrogens (tertiary/aromatic N) is 2. The van der Waals surface area contributed by atoms with E-state index in [2.05, 4.69) is 20.5 Å². The molecule has 29 heavy (non-hydrogen) atoms. The van der Waals surface area contributed by atoms with Gasteiger partial charge >= 0.3 is 6.03 Å². The minimum atomic E-state index is -0.180. The number of nitrogens with one attached hydrogen (secondary N) is 2. The van der Waals surface area contributed by atoms with E-state index >= 15 is 0 Å². The number of ether oxygens (including phenoxy) is 2. The first kappa shape index (κ1) is 19.7. The van der Waals surface area contributed by atoms with Gasteiger partial charge in [0.2, 0.25) is 0 Å². The van der Waals surface area contributed by atoms with Crippen molar-refractivity contribution >= 4 is 11.7 Å². The van der Waals surface area contributed by atoms with Crippen LogP contribution in [0.1, 0.15) is 18.0 Å². The summed E-state index contributed by atoms with van der Waals surface area (Å²) in [6.45, 7) is 4.56. The lowest BCUT2D eigenvalue weighted by Crippen LogP contribution is -2.52. The van der Waals surface area contributed by atoms with Crippen molar-refractivity contribution in [2.75, 3.05) is 45.3 Å². The van der Waals surface area contributed by atoms with E-state index in [1.807, 2.05) is 42.5 Å². The average Bonchev–Trinajstić information content (AvgIpc) is 2.72. The zero-order chi connectivity index (χ0) is 20.1. The van der Waals surface area contributed by atoms with Gasteiger partial charge in [-0.15, -0.1) is 0 Å². The zero-order valence-corrected chi connectivity index (χ0v) is 16.7. The first-order valence-corrected chi connectivity index (χ1v) is 10.1. The number of hydrogen-bond donors (Lipinski definition) is 2. The van der Waals surface area contributed by atoms with Crippen LogP contribution in [0.25, 0.3) is 0 Å². The van der Waals surface area contributed by atoms with Gasteiger partial charge in [-0.3, -0.25) is 4.98 Å². The van der Waals surface area contributed by atoms with Crippen molar-refractivity contribution in [2.45, 2.75) is 18.4 Å². The van der Waals surface area contributed by atoms with Crippen molar-refractivity contribution in [1.29, 1.82) is 0 Å². The van der Waals surface area contributed by atoms with Crippen molar-refractivity contribution < 1.29 is 14.3 Å². The van der Waals surface area contributed by atoms with Crippen molar-refractivity contribution in [3.05, 3.63) is 54.4 Å². The van der Waals surface area contributed by atoms with Crippen molar-refractivity contribution in [3.8, 4) is 5.75 Å². The highest BCUT2D eigenvalue weighted by atomic mass is 16.5. The third kappa shape index (κ3) is 5.05. The highest BCUT2D eigenvalue weighted by molar-refractivity contribution is 5.89. The summed E-state index contributed by atoms with van der Waals surface area (Å²) in [5.74, 6) is 1.47. The van der Waals surface area contributed by atoms with Crippen molar-refractivity contribution in [3.63, 3.8) is 0 Å². The second kappa shape index (κ2) is 9.24. The average molecular weight is 396 g/mol. The van der Waals surface area contributed by atoms with E-state index in [0.29, 0.717) is 5.92 Å². The van der Waals surface area contributed by atoms with Crippen LogP contribution >= 0.6 is 0 Å². The molecule has 0 unspecified atom stereocenters. The number of hydrogen-bond acceptors (Lipinski definition) is 5. The number of carbonyl (C=O) groups excluding carboxylic acids is 1. The number of anilines is 1. The second-order valence-corrected chi connectivity index (χ2v) is 7.75. The standard InChI is InChI=1S/C22H28N4O3/c1-28-18-7-8-20(23-11-18)19-13-26(12-16-14-29-15-16)10-9-21(19)25-22(27)24-17-5-3-2-4-6-17/h2-8,11,16,19,21H,9-10,12-15H2,1H3,(H2,24,25,27)/t19-,21+/m0/s1. The first-order valence-electron chi connectivity index (χ1n) is 10.1. The molecule has 7 nitrogen and oxygen atoms in total. The number of piperidine rings is 1. The number of likely N-dealkylation sites (tertiary alicyclic amines) is 1. The fourth-order valence-corrected chi connectivity index (χ4v) is 4.00. The molecule has 2 aliphatic rings. The lowest BCUT2D eigenvalue weighted by molar-refractivity contribution is -0.0499. The normalized spacial score (nSPS) is 22.5. The molecule has 0 spiro atoms. The number of urea groups is 1.